The first-order chi connectivity index (χ1) is 15.9. The Morgan fingerprint density at radius 3 is 1.85 bits per heavy atom. The van der Waals surface area contributed by atoms with Crippen molar-refractivity contribution in [2.45, 2.75) is 65.9 Å². The van der Waals surface area contributed by atoms with Gasteiger partial charge in [-0.15, -0.1) is 6.58 Å². The number of hydrogen-bond acceptors (Lipinski definition) is 5. The van der Waals surface area contributed by atoms with Gasteiger partial charge in [0.2, 0.25) is 0 Å². The van der Waals surface area contributed by atoms with E-state index in [-0.39, 0.29) is 22.6 Å². The van der Waals surface area contributed by atoms with Crippen molar-refractivity contribution in [1.82, 2.24) is 0 Å². The summed E-state index contributed by atoms with van der Waals surface area (Å²) in [5.74, 6) is -1.08. The molecule has 0 amide bonds. The SMILES string of the molecule is C=C[C@@H]1CC(S(=O)(=O)c2ccccc2)(S(=O)(=O)c2ccccc2)C[C@H]1[C@](C)(O)CCC=C(C)C. The predicted octanol–water partition coefficient (Wildman–Crippen LogP) is 5.34. The maximum atomic E-state index is 14.1. The monoisotopic (exact) mass is 502 g/mol. The van der Waals surface area contributed by atoms with Crippen LogP contribution in [-0.4, -0.2) is 31.6 Å². The minimum Gasteiger partial charge on any atom is -0.390 e. The molecule has 2 aromatic rings. The molecule has 1 fully saturated rings. The highest BCUT2D eigenvalue weighted by Crippen LogP contribution is 2.55. The Morgan fingerprint density at radius 2 is 1.44 bits per heavy atom. The van der Waals surface area contributed by atoms with Crippen LogP contribution in [0.25, 0.3) is 0 Å². The fraction of sp³-hybridized carbons (Fsp3) is 0.407. The van der Waals surface area contributed by atoms with Crippen LogP contribution in [0, 0.1) is 11.8 Å². The van der Waals surface area contributed by atoms with Gasteiger partial charge in [0.15, 0.2) is 23.8 Å². The van der Waals surface area contributed by atoms with Gasteiger partial charge in [-0.2, -0.15) is 0 Å². The van der Waals surface area contributed by atoms with E-state index < -0.39 is 41.2 Å². The van der Waals surface area contributed by atoms with Crippen molar-refractivity contribution in [3.63, 3.8) is 0 Å². The Morgan fingerprint density at radius 1 is 0.971 bits per heavy atom. The number of sulfone groups is 2. The molecule has 0 spiro atoms. The molecule has 0 heterocycles. The third-order valence-corrected chi connectivity index (χ3v) is 12.7. The molecule has 5 nitrogen and oxygen atoms in total. The van der Waals surface area contributed by atoms with Crippen LogP contribution in [-0.2, 0) is 19.7 Å². The molecule has 7 heteroatoms. The Kier molecular flexibility index (Phi) is 7.60. The molecule has 0 unspecified atom stereocenters. The Hall–Kier alpha value is -2.22. The van der Waals surface area contributed by atoms with E-state index in [1.54, 1.807) is 49.4 Å². The third kappa shape index (κ3) is 4.66. The lowest BCUT2D eigenvalue weighted by atomic mass is 9.78. The molecule has 0 saturated heterocycles. The third-order valence-electron chi connectivity index (χ3n) is 6.99. The molecule has 0 radical (unpaired) electrons. The van der Waals surface area contributed by atoms with Gasteiger partial charge in [0.05, 0.1) is 15.4 Å². The summed E-state index contributed by atoms with van der Waals surface area (Å²) in [6, 6.07) is 15.4. The second-order valence-corrected chi connectivity index (χ2v) is 14.4. The summed E-state index contributed by atoms with van der Waals surface area (Å²) in [6.45, 7) is 9.50. The first-order valence-corrected chi connectivity index (χ1v) is 14.4. The summed E-state index contributed by atoms with van der Waals surface area (Å²) in [7, 11) is -8.67. The summed E-state index contributed by atoms with van der Waals surface area (Å²) in [5.41, 5.74) is -0.152. The van der Waals surface area contributed by atoms with Gasteiger partial charge in [0.25, 0.3) is 0 Å². The number of hydrogen-bond donors (Lipinski definition) is 1. The molecule has 1 N–H and O–H groups in total. The number of allylic oxidation sites excluding steroid dienone is 3. The van der Waals surface area contributed by atoms with Gasteiger partial charge in [-0.3, -0.25) is 0 Å². The second kappa shape index (κ2) is 9.80. The molecule has 1 aliphatic rings. The van der Waals surface area contributed by atoms with E-state index in [4.69, 9.17) is 0 Å². The van der Waals surface area contributed by atoms with Gasteiger partial charge in [0.1, 0.15) is 0 Å². The quantitative estimate of drug-likeness (QED) is 0.468. The highest BCUT2D eigenvalue weighted by atomic mass is 32.3. The Balaban J connectivity index is 2.20. The lowest BCUT2D eigenvalue weighted by Crippen LogP contribution is -2.45. The highest BCUT2D eigenvalue weighted by Gasteiger charge is 2.64. The molecule has 0 bridgehead atoms. The largest absolute Gasteiger partial charge is 0.390 e. The molecule has 0 aliphatic heterocycles. The van der Waals surface area contributed by atoms with Crippen molar-refractivity contribution in [1.29, 1.82) is 0 Å². The summed E-state index contributed by atoms with van der Waals surface area (Å²) in [5, 5.41) is 11.5. The lowest BCUT2D eigenvalue weighted by molar-refractivity contribution is -0.0168. The molecule has 3 atom stereocenters. The molecule has 184 valence electrons. The summed E-state index contributed by atoms with van der Waals surface area (Å²) in [4.78, 5) is -0.0793. The molecule has 34 heavy (non-hydrogen) atoms. The van der Waals surface area contributed by atoms with Crippen molar-refractivity contribution in [3.8, 4) is 0 Å². The molecule has 1 aliphatic carbocycles. The van der Waals surface area contributed by atoms with E-state index >= 15 is 0 Å². The van der Waals surface area contributed by atoms with E-state index in [0.29, 0.717) is 12.8 Å². The van der Waals surface area contributed by atoms with Crippen LogP contribution in [0.4, 0.5) is 0 Å². The summed E-state index contributed by atoms with van der Waals surface area (Å²) < 4.78 is 54.3. The fourth-order valence-corrected chi connectivity index (χ4v) is 10.3. The van der Waals surface area contributed by atoms with Gasteiger partial charge < -0.3 is 5.11 Å². The fourth-order valence-electron chi connectivity index (χ4n) is 5.05. The van der Waals surface area contributed by atoms with Crippen LogP contribution in [0.3, 0.4) is 0 Å². The zero-order chi connectivity index (χ0) is 25.2. The molecule has 2 aromatic carbocycles. The van der Waals surface area contributed by atoms with Crippen LogP contribution in [0.5, 0.6) is 0 Å². The molecular formula is C27H34O5S2. The average molecular weight is 503 g/mol. The van der Waals surface area contributed by atoms with Crippen molar-refractivity contribution in [3.05, 3.63) is 85.0 Å². The van der Waals surface area contributed by atoms with E-state index in [1.165, 1.54) is 24.3 Å². The first-order valence-electron chi connectivity index (χ1n) is 11.5. The van der Waals surface area contributed by atoms with E-state index in [1.807, 2.05) is 19.9 Å². The van der Waals surface area contributed by atoms with Crippen molar-refractivity contribution >= 4 is 19.7 Å². The van der Waals surface area contributed by atoms with Gasteiger partial charge in [-0.1, -0.05) is 54.1 Å². The zero-order valence-electron chi connectivity index (χ0n) is 20.0. The Labute approximate surface area is 204 Å². The highest BCUT2D eigenvalue weighted by molar-refractivity contribution is 8.10. The summed E-state index contributed by atoms with van der Waals surface area (Å²) >= 11 is 0. The second-order valence-electron chi connectivity index (χ2n) is 9.64. The molecule has 0 aromatic heterocycles. The Bertz CT molecular complexity index is 1170. The van der Waals surface area contributed by atoms with Crippen molar-refractivity contribution < 1.29 is 21.9 Å². The topological polar surface area (TPSA) is 88.5 Å². The lowest BCUT2D eigenvalue weighted by Gasteiger charge is -2.34. The minimum atomic E-state index is -4.34. The number of rotatable bonds is 9. The predicted molar refractivity (Wildman–Crippen MR) is 136 cm³/mol. The molecule has 3 rings (SSSR count). The van der Waals surface area contributed by atoms with Crippen molar-refractivity contribution in [2.24, 2.45) is 11.8 Å². The molecule has 1 saturated carbocycles. The maximum Gasteiger partial charge on any atom is 0.198 e. The van der Waals surface area contributed by atoms with E-state index in [2.05, 4.69) is 6.58 Å². The van der Waals surface area contributed by atoms with E-state index in [9.17, 15) is 21.9 Å². The van der Waals surface area contributed by atoms with E-state index in [0.717, 1.165) is 5.57 Å². The number of benzene rings is 2. The van der Waals surface area contributed by atoms with Crippen LogP contribution in [0.15, 0.2) is 94.8 Å². The normalized spacial score (nSPS) is 22.0. The molecular weight excluding hydrogens is 468 g/mol. The van der Waals surface area contributed by atoms with Crippen LogP contribution < -0.4 is 0 Å². The van der Waals surface area contributed by atoms with Crippen LogP contribution >= 0.6 is 0 Å². The van der Waals surface area contributed by atoms with Crippen molar-refractivity contribution in [2.75, 3.05) is 0 Å². The first kappa shape index (κ1) is 26.4. The minimum absolute atomic E-state index is 0.0397. The summed E-state index contributed by atoms with van der Waals surface area (Å²) in [6.07, 6.45) is 4.25. The van der Waals surface area contributed by atoms with Gasteiger partial charge >= 0.3 is 0 Å². The van der Waals surface area contributed by atoms with Gasteiger partial charge in [0, 0.05) is 0 Å². The van der Waals surface area contributed by atoms with Crippen LogP contribution in [0.1, 0.15) is 46.5 Å². The number of aliphatic hydroxyl groups is 1. The smallest absolute Gasteiger partial charge is 0.198 e. The maximum absolute atomic E-state index is 14.1. The van der Waals surface area contributed by atoms with Gasteiger partial charge in [-0.05, 0) is 82.6 Å². The average Bonchev–Trinajstić information content (AvgIpc) is 3.23. The van der Waals surface area contributed by atoms with Gasteiger partial charge in [-0.25, -0.2) is 16.8 Å². The zero-order valence-corrected chi connectivity index (χ0v) is 21.6. The standard InChI is InChI=1S/C27H34O5S2/c1-5-22-19-27(33(29,30)23-14-8-6-9-15-23,34(31,32)24-16-10-7-11-17-24)20-25(22)26(4,28)18-12-13-21(2)3/h5-11,13-17,22,25,28H,1,12,18-20H2,2-4H3/t22-,25-,26-/m1/s1. The van der Waals surface area contributed by atoms with Crippen LogP contribution in [0.2, 0.25) is 0 Å².